The van der Waals surface area contributed by atoms with Crippen LogP contribution < -0.4 is 5.32 Å². The highest BCUT2D eigenvalue weighted by Gasteiger charge is 2.25. The van der Waals surface area contributed by atoms with Crippen LogP contribution in [-0.2, 0) is 0 Å². The van der Waals surface area contributed by atoms with Crippen molar-refractivity contribution >= 4 is 11.6 Å². The van der Waals surface area contributed by atoms with Crippen molar-refractivity contribution in [3.05, 3.63) is 29.3 Å². The highest BCUT2D eigenvalue weighted by Crippen LogP contribution is 2.22. The number of hydrogen-bond acceptors (Lipinski definition) is 2. The molecule has 0 aromatic heterocycles. The Morgan fingerprint density at radius 2 is 2.28 bits per heavy atom. The largest absolute Gasteiger partial charge is 0.385 e. The number of rotatable bonds is 3. The van der Waals surface area contributed by atoms with Crippen LogP contribution in [0.1, 0.15) is 42.6 Å². The van der Waals surface area contributed by atoms with Crippen LogP contribution in [0.4, 0.5) is 5.69 Å². The van der Waals surface area contributed by atoms with E-state index in [4.69, 9.17) is 0 Å². The molecule has 1 saturated heterocycles. The predicted octanol–water partition coefficient (Wildman–Crippen LogP) is 3.05. The molecule has 0 saturated carbocycles. The minimum atomic E-state index is 0.172. The normalized spacial score (nSPS) is 19.1. The summed E-state index contributed by atoms with van der Waals surface area (Å²) in [5, 5.41) is 3.30. The van der Waals surface area contributed by atoms with E-state index in [1.807, 2.05) is 30.0 Å². The van der Waals surface area contributed by atoms with Crippen molar-refractivity contribution in [2.24, 2.45) is 0 Å². The average molecular weight is 246 g/mol. The van der Waals surface area contributed by atoms with Gasteiger partial charge in [-0.3, -0.25) is 4.79 Å². The highest BCUT2D eigenvalue weighted by molar-refractivity contribution is 5.95. The summed E-state index contributed by atoms with van der Waals surface area (Å²) >= 11 is 0. The first-order chi connectivity index (χ1) is 8.63. The lowest BCUT2D eigenvalue weighted by Crippen LogP contribution is -2.33. The van der Waals surface area contributed by atoms with Crippen molar-refractivity contribution in [2.45, 2.75) is 39.7 Å². The summed E-state index contributed by atoms with van der Waals surface area (Å²) in [5.41, 5.74) is 3.06. The zero-order valence-electron chi connectivity index (χ0n) is 11.5. The molecule has 98 valence electrons. The van der Waals surface area contributed by atoms with Gasteiger partial charge in [-0.05, 0) is 57.4 Å². The summed E-state index contributed by atoms with van der Waals surface area (Å²) in [6.07, 6.45) is 2.25. The molecule has 2 rings (SSSR count). The summed E-state index contributed by atoms with van der Waals surface area (Å²) in [5.74, 6) is 0.172. The molecule has 1 aromatic carbocycles. The second-order valence-electron chi connectivity index (χ2n) is 5.05. The van der Waals surface area contributed by atoms with Gasteiger partial charge < -0.3 is 10.2 Å². The molecule has 3 heteroatoms. The van der Waals surface area contributed by atoms with E-state index in [1.54, 1.807) is 0 Å². The van der Waals surface area contributed by atoms with Gasteiger partial charge in [0.2, 0.25) is 0 Å². The Morgan fingerprint density at radius 3 is 2.83 bits per heavy atom. The summed E-state index contributed by atoms with van der Waals surface area (Å²) in [6, 6.07) is 6.31. The van der Waals surface area contributed by atoms with Crippen LogP contribution >= 0.6 is 0 Å². The van der Waals surface area contributed by atoms with Crippen molar-refractivity contribution in [1.29, 1.82) is 0 Å². The molecule has 0 aliphatic carbocycles. The molecule has 1 fully saturated rings. The highest BCUT2D eigenvalue weighted by atomic mass is 16.2. The Bertz CT molecular complexity index is 442. The van der Waals surface area contributed by atoms with Crippen molar-refractivity contribution in [1.82, 2.24) is 4.90 Å². The molecule has 1 unspecified atom stereocenters. The minimum absolute atomic E-state index is 0.172. The average Bonchev–Trinajstić information content (AvgIpc) is 2.77. The molecule has 1 N–H and O–H groups in total. The molecule has 0 bridgehead atoms. The first-order valence-electron chi connectivity index (χ1n) is 6.79. The second kappa shape index (κ2) is 5.42. The summed E-state index contributed by atoms with van der Waals surface area (Å²) in [6.45, 7) is 8.04. The number of carbonyl (C=O) groups is 1. The van der Waals surface area contributed by atoms with Gasteiger partial charge in [-0.1, -0.05) is 0 Å². The third kappa shape index (κ3) is 2.50. The SMILES string of the molecule is CCNc1ccc(C(=O)N2CCCC2C)cc1C. The molecular weight excluding hydrogens is 224 g/mol. The van der Waals surface area contributed by atoms with Gasteiger partial charge in [-0.2, -0.15) is 0 Å². The first-order valence-corrected chi connectivity index (χ1v) is 6.79. The molecule has 3 nitrogen and oxygen atoms in total. The van der Waals surface area contributed by atoms with Crippen molar-refractivity contribution in [3.8, 4) is 0 Å². The molecule has 18 heavy (non-hydrogen) atoms. The molecule has 1 atom stereocenters. The maximum Gasteiger partial charge on any atom is 0.254 e. The zero-order valence-corrected chi connectivity index (χ0v) is 11.5. The lowest BCUT2D eigenvalue weighted by Gasteiger charge is -2.22. The fourth-order valence-corrected chi connectivity index (χ4v) is 2.59. The third-order valence-corrected chi connectivity index (χ3v) is 3.65. The minimum Gasteiger partial charge on any atom is -0.385 e. The predicted molar refractivity (Wildman–Crippen MR) is 75.1 cm³/mol. The van der Waals surface area contributed by atoms with Crippen LogP contribution in [0.25, 0.3) is 0 Å². The number of nitrogens with one attached hydrogen (secondary N) is 1. The van der Waals surface area contributed by atoms with Crippen LogP contribution in [0.5, 0.6) is 0 Å². The third-order valence-electron chi connectivity index (χ3n) is 3.65. The van der Waals surface area contributed by atoms with E-state index in [0.29, 0.717) is 6.04 Å². The monoisotopic (exact) mass is 246 g/mol. The zero-order chi connectivity index (χ0) is 13.1. The Hall–Kier alpha value is -1.51. The van der Waals surface area contributed by atoms with E-state index in [0.717, 1.165) is 42.7 Å². The standard InChI is InChI=1S/C15H22N2O/c1-4-16-14-8-7-13(10-11(14)2)15(18)17-9-5-6-12(17)3/h7-8,10,12,16H,4-6,9H2,1-3H3. The number of benzene rings is 1. The van der Waals surface area contributed by atoms with Gasteiger partial charge in [0, 0.05) is 30.4 Å². The Balaban J connectivity index is 2.18. The molecule has 1 heterocycles. The lowest BCUT2D eigenvalue weighted by molar-refractivity contribution is 0.0747. The summed E-state index contributed by atoms with van der Waals surface area (Å²) < 4.78 is 0. The van der Waals surface area contributed by atoms with E-state index in [1.165, 1.54) is 0 Å². The van der Waals surface area contributed by atoms with E-state index in [-0.39, 0.29) is 5.91 Å². The number of nitrogens with zero attached hydrogens (tertiary/aromatic N) is 1. The quantitative estimate of drug-likeness (QED) is 0.889. The number of likely N-dealkylation sites (tertiary alicyclic amines) is 1. The fraction of sp³-hybridized carbons (Fsp3) is 0.533. The number of hydrogen-bond donors (Lipinski definition) is 1. The van der Waals surface area contributed by atoms with E-state index >= 15 is 0 Å². The van der Waals surface area contributed by atoms with Crippen LogP contribution in [0.15, 0.2) is 18.2 Å². The lowest BCUT2D eigenvalue weighted by atomic mass is 10.1. The maximum atomic E-state index is 12.4. The molecule has 1 aliphatic heterocycles. The smallest absolute Gasteiger partial charge is 0.254 e. The summed E-state index contributed by atoms with van der Waals surface area (Å²) in [4.78, 5) is 14.4. The van der Waals surface area contributed by atoms with Gasteiger partial charge in [-0.25, -0.2) is 0 Å². The molecule has 1 aromatic rings. The molecule has 0 radical (unpaired) electrons. The topological polar surface area (TPSA) is 32.3 Å². The van der Waals surface area contributed by atoms with Crippen molar-refractivity contribution in [3.63, 3.8) is 0 Å². The maximum absolute atomic E-state index is 12.4. The van der Waals surface area contributed by atoms with Gasteiger partial charge in [0.05, 0.1) is 0 Å². The Labute approximate surface area is 109 Å². The van der Waals surface area contributed by atoms with Gasteiger partial charge in [0.15, 0.2) is 0 Å². The molecule has 1 amide bonds. The van der Waals surface area contributed by atoms with Gasteiger partial charge >= 0.3 is 0 Å². The number of anilines is 1. The van der Waals surface area contributed by atoms with Gasteiger partial charge in [-0.15, -0.1) is 0 Å². The van der Waals surface area contributed by atoms with Crippen LogP contribution in [-0.4, -0.2) is 29.9 Å². The first kappa shape index (κ1) is 12.9. The molecule has 0 spiro atoms. The summed E-state index contributed by atoms with van der Waals surface area (Å²) in [7, 11) is 0. The van der Waals surface area contributed by atoms with Gasteiger partial charge in [0.1, 0.15) is 0 Å². The van der Waals surface area contributed by atoms with Crippen molar-refractivity contribution in [2.75, 3.05) is 18.4 Å². The van der Waals surface area contributed by atoms with E-state index in [2.05, 4.69) is 19.2 Å². The Morgan fingerprint density at radius 1 is 1.50 bits per heavy atom. The van der Waals surface area contributed by atoms with E-state index < -0.39 is 0 Å². The number of aryl methyl sites for hydroxylation is 1. The number of carbonyl (C=O) groups excluding carboxylic acids is 1. The fourth-order valence-electron chi connectivity index (χ4n) is 2.59. The van der Waals surface area contributed by atoms with Crippen LogP contribution in [0, 0.1) is 6.92 Å². The van der Waals surface area contributed by atoms with Crippen LogP contribution in [0.2, 0.25) is 0 Å². The Kier molecular flexibility index (Phi) is 3.90. The molecular formula is C15H22N2O. The number of amides is 1. The van der Waals surface area contributed by atoms with E-state index in [9.17, 15) is 4.79 Å². The van der Waals surface area contributed by atoms with Gasteiger partial charge in [0.25, 0.3) is 5.91 Å². The second-order valence-corrected chi connectivity index (χ2v) is 5.05. The van der Waals surface area contributed by atoms with Crippen molar-refractivity contribution < 1.29 is 4.79 Å². The van der Waals surface area contributed by atoms with Crippen LogP contribution in [0.3, 0.4) is 0 Å². The molecule has 1 aliphatic rings.